The molecular weight excluding hydrogens is 338 g/mol. The molecule has 0 heterocycles. The number of hydrogen-bond donors (Lipinski definition) is 1. The number of thiocarbonyl (C=S) groups is 1. The Morgan fingerprint density at radius 3 is 2.55 bits per heavy atom. The smallest absolute Gasteiger partial charge is 0.241 e. The first-order valence-electron chi connectivity index (χ1n) is 6.41. The average Bonchev–Trinajstić information content (AvgIpc) is 2.37. The van der Waals surface area contributed by atoms with Crippen LogP contribution in [-0.4, -0.2) is 43.0 Å². The topological polar surface area (TPSA) is 49.6 Å². The van der Waals surface area contributed by atoms with Crippen LogP contribution in [0.4, 0.5) is 5.69 Å². The Kier molecular flexibility index (Phi) is 6.42. The molecule has 0 saturated heterocycles. The molecule has 20 heavy (non-hydrogen) atoms. The van der Waals surface area contributed by atoms with Gasteiger partial charge < -0.3 is 15.5 Å². The van der Waals surface area contributed by atoms with Crippen LogP contribution in [0.5, 0.6) is 0 Å². The van der Waals surface area contributed by atoms with Crippen molar-refractivity contribution >= 4 is 44.7 Å². The van der Waals surface area contributed by atoms with Crippen molar-refractivity contribution in [2.75, 3.05) is 32.1 Å². The Morgan fingerprint density at radius 1 is 1.40 bits per heavy atom. The van der Waals surface area contributed by atoms with Gasteiger partial charge in [-0.3, -0.25) is 4.79 Å². The van der Waals surface area contributed by atoms with Gasteiger partial charge in [0.15, 0.2) is 0 Å². The van der Waals surface area contributed by atoms with E-state index in [0.29, 0.717) is 11.5 Å². The first kappa shape index (κ1) is 16.9. The van der Waals surface area contributed by atoms with Gasteiger partial charge in [-0.2, -0.15) is 0 Å². The predicted octanol–water partition coefficient (Wildman–Crippen LogP) is 2.39. The predicted molar refractivity (Wildman–Crippen MR) is 91.2 cm³/mol. The largest absolute Gasteiger partial charge is 0.389 e. The summed E-state index contributed by atoms with van der Waals surface area (Å²) in [5.41, 5.74) is 7.47. The number of anilines is 1. The monoisotopic (exact) mass is 357 g/mol. The van der Waals surface area contributed by atoms with Crippen LogP contribution >= 0.6 is 28.1 Å². The van der Waals surface area contributed by atoms with Crippen LogP contribution in [-0.2, 0) is 4.79 Å². The van der Waals surface area contributed by atoms with Crippen molar-refractivity contribution in [1.82, 2.24) is 4.90 Å². The molecule has 2 N–H and O–H groups in total. The summed E-state index contributed by atoms with van der Waals surface area (Å²) >= 11 is 8.56. The van der Waals surface area contributed by atoms with Crippen molar-refractivity contribution < 1.29 is 4.79 Å². The van der Waals surface area contributed by atoms with E-state index in [0.717, 1.165) is 28.7 Å². The van der Waals surface area contributed by atoms with Gasteiger partial charge in [0, 0.05) is 36.4 Å². The number of rotatable bonds is 6. The van der Waals surface area contributed by atoms with Crippen LogP contribution < -0.4 is 10.6 Å². The molecule has 0 aliphatic rings. The first-order valence-corrected chi connectivity index (χ1v) is 7.61. The molecule has 0 fully saturated rings. The highest BCUT2D eigenvalue weighted by atomic mass is 79.9. The lowest BCUT2D eigenvalue weighted by Gasteiger charge is -2.27. The molecule has 1 rings (SSSR count). The number of likely N-dealkylation sites (N-methyl/N-ethyl adjacent to an activating group) is 1. The fourth-order valence-electron chi connectivity index (χ4n) is 1.83. The zero-order chi connectivity index (χ0) is 15.3. The number of benzene rings is 1. The Hall–Kier alpha value is -1.14. The minimum atomic E-state index is 0.0484. The summed E-state index contributed by atoms with van der Waals surface area (Å²) in [6.45, 7) is 3.16. The van der Waals surface area contributed by atoms with Crippen LogP contribution in [0, 0.1) is 0 Å². The molecule has 110 valence electrons. The maximum atomic E-state index is 12.0. The molecule has 0 bridgehead atoms. The molecule has 4 nitrogen and oxygen atoms in total. The number of nitrogens with two attached hydrogens (primary N) is 1. The molecule has 1 amide bonds. The molecule has 0 radical (unpaired) electrons. The normalized spacial score (nSPS) is 10.2. The minimum Gasteiger partial charge on any atom is -0.389 e. The Bertz CT molecular complexity index is 505. The summed E-state index contributed by atoms with van der Waals surface area (Å²) in [7, 11) is 3.50. The highest BCUT2D eigenvalue weighted by Crippen LogP contribution is 2.25. The van der Waals surface area contributed by atoms with Crippen molar-refractivity contribution in [2.45, 2.75) is 13.3 Å². The second kappa shape index (κ2) is 7.59. The molecule has 0 aliphatic heterocycles. The SMILES string of the molecule is CCCN(CC(=O)N(C)C)c1cc(Br)ccc1C(N)=S. The summed E-state index contributed by atoms with van der Waals surface area (Å²) in [6, 6.07) is 5.73. The van der Waals surface area contributed by atoms with E-state index in [-0.39, 0.29) is 5.91 Å². The Labute approximate surface area is 134 Å². The van der Waals surface area contributed by atoms with Crippen LogP contribution in [0.25, 0.3) is 0 Å². The second-order valence-electron chi connectivity index (χ2n) is 4.74. The molecule has 0 spiro atoms. The van der Waals surface area contributed by atoms with E-state index in [1.54, 1.807) is 19.0 Å². The fourth-order valence-corrected chi connectivity index (χ4v) is 2.36. The van der Waals surface area contributed by atoms with Gasteiger partial charge in [-0.1, -0.05) is 35.1 Å². The Morgan fingerprint density at radius 2 is 2.05 bits per heavy atom. The van der Waals surface area contributed by atoms with E-state index in [9.17, 15) is 4.79 Å². The van der Waals surface area contributed by atoms with Crippen LogP contribution in [0.3, 0.4) is 0 Å². The number of carbonyl (C=O) groups is 1. The number of amides is 1. The van der Waals surface area contributed by atoms with Gasteiger partial charge in [0.2, 0.25) is 5.91 Å². The quantitative estimate of drug-likeness (QED) is 0.794. The van der Waals surface area contributed by atoms with E-state index < -0.39 is 0 Å². The van der Waals surface area contributed by atoms with Gasteiger partial charge >= 0.3 is 0 Å². The molecule has 0 unspecified atom stereocenters. The van der Waals surface area contributed by atoms with Gasteiger partial charge in [0.05, 0.1) is 6.54 Å². The maximum absolute atomic E-state index is 12.0. The molecule has 0 atom stereocenters. The zero-order valence-electron chi connectivity index (χ0n) is 12.0. The third kappa shape index (κ3) is 4.45. The summed E-state index contributed by atoms with van der Waals surface area (Å²) in [5.74, 6) is 0.0484. The summed E-state index contributed by atoms with van der Waals surface area (Å²) in [4.78, 5) is 15.9. The lowest BCUT2D eigenvalue weighted by molar-refractivity contribution is -0.127. The van der Waals surface area contributed by atoms with Gasteiger partial charge in [-0.15, -0.1) is 0 Å². The van der Waals surface area contributed by atoms with E-state index in [1.165, 1.54) is 0 Å². The summed E-state index contributed by atoms with van der Waals surface area (Å²) in [5, 5.41) is 0. The third-order valence-corrected chi connectivity index (χ3v) is 3.60. The van der Waals surface area contributed by atoms with Crippen molar-refractivity contribution in [3.05, 3.63) is 28.2 Å². The summed E-state index contributed by atoms with van der Waals surface area (Å²) < 4.78 is 0.936. The van der Waals surface area contributed by atoms with Gasteiger partial charge in [-0.25, -0.2) is 0 Å². The van der Waals surface area contributed by atoms with Crippen LogP contribution in [0.2, 0.25) is 0 Å². The van der Waals surface area contributed by atoms with E-state index in [1.807, 2.05) is 23.1 Å². The zero-order valence-corrected chi connectivity index (χ0v) is 14.4. The number of hydrogen-bond acceptors (Lipinski definition) is 3. The molecule has 1 aromatic carbocycles. The molecule has 6 heteroatoms. The van der Waals surface area contributed by atoms with Gasteiger partial charge in [0.25, 0.3) is 0 Å². The summed E-state index contributed by atoms with van der Waals surface area (Å²) in [6.07, 6.45) is 0.935. The number of carbonyl (C=O) groups excluding carboxylic acids is 1. The highest BCUT2D eigenvalue weighted by molar-refractivity contribution is 9.10. The Balaban J connectivity index is 3.16. The second-order valence-corrected chi connectivity index (χ2v) is 6.09. The third-order valence-electron chi connectivity index (χ3n) is 2.88. The maximum Gasteiger partial charge on any atom is 0.241 e. The van der Waals surface area contributed by atoms with Crippen molar-refractivity contribution in [3.63, 3.8) is 0 Å². The molecule has 0 aromatic heterocycles. The van der Waals surface area contributed by atoms with Gasteiger partial charge in [-0.05, 0) is 24.6 Å². The highest BCUT2D eigenvalue weighted by Gasteiger charge is 2.17. The van der Waals surface area contributed by atoms with Gasteiger partial charge in [0.1, 0.15) is 4.99 Å². The van der Waals surface area contributed by atoms with Crippen LogP contribution in [0.1, 0.15) is 18.9 Å². The fraction of sp³-hybridized carbons (Fsp3) is 0.429. The number of halogens is 1. The average molecular weight is 358 g/mol. The van der Waals surface area contributed by atoms with Crippen molar-refractivity contribution in [2.24, 2.45) is 5.73 Å². The molecular formula is C14H20BrN3OS. The van der Waals surface area contributed by atoms with E-state index in [2.05, 4.69) is 22.9 Å². The molecule has 0 aliphatic carbocycles. The minimum absolute atomic E-state index is 0.0484. The first-order chi connectivity index (χ1) is 9.36. The van der Waals surface area contributed by atoms with E-state index >= 15 is 0 Å². The van der Waals surface area contributed by atoms with Crippen molar-refractivity contribution in [1.29, 1.82) is 0 Å². The molecule has 1 aromatic rings. The molecule has 0 saturated carbocycles. The van der Waals surface area contributed by atoms with Crippen molar-refractivity contribution in [3.8, 4) is 0 Å². The lowest BCUT2D eigenvalue weighted by atomic mass is 10.1. The standard InChI is InChI=1S/C14H20BrN3OS/c1-4-7-18(9-13(19)17(2)3)12-8-10(15)5-6-11(12)14(16)20/h5-6,8H,4,7,9H2,1-3H3,(H2,16,20). The number of nitrogens with zero attached hydrogens (tertiary/aromatic N) is 2. The lowest BCUT2D eigenvalue weighted by Crippen LogP contribution is -2.38. The van der Waals surface area contributed by atoms with Crippen LogP contribution in [0.15, 0.2) is 22.7 Å². The van der Waals surface area contributed by atoms with E-state index in [4.69, 9.17) is 18.0 Å².